The second-order valence-electron chi connectivity index (χ2n) is 8.83. The Bertz CT molecular complexity index is 1190. The zero-order valence-electron chi connectivity index (χ0n) is 22.7. The molecule has 0 aliphatic carbocycles. The highest BCUT2D eigenvalue weighted by atomic mass is 32.2. The molecule has 40 heavy (non-hydrogen) atoms. The topological polar surface area (TPSA) is 123 Å². The molecule has 2 atom stereocenters. The van der Waals surface area contributed by atoms with E-state index < -0.39 is 24.3 Å². The van der Waals surface area contributed by atoms with Crippen LogP contribution in [0.5, 0.6) is 0 Å². The normalized spacial score (nSPS) is 15.3. The summed E-state index contributed by atoms with van der Waals surface area (Å²) in [6, 6.07) is 16.0. The van der Waals surface area contributed by atoms with Crippen molar-refractivity contribution in [2.24, 2.45) is 0 Å². The number of allylic oxidation sites excluding steroid dienone is 1. The van der Waals surface area contributed by atoms with Gasteiger partial charge in [-0.1, -0.05) is 42.5 Å². The van der Waals surface area contributed by atoms with Gasteiger partial charge in [-0.3, -0.25) is 25.1 Å². The van der Waals surface area contributed by atoms with Gasteiger partial charge in [-0.2, -0.15) is 0 Å². The first-order chi connectivity index (χ1) is 19.4. The standard InChI is InChI=1S/C29H35N3O7S/c1-3-37-26(16-10-13-22(18-33)30-29(36)39-19-21-11-6-5-7-12-21)31-23-20-40-25-15-9-8-14-24(25)32(28(23)35)17-27(34)38-4-2/h5-9,11-12,14-15,23,26,31H,3-4,10,13,16-17,19-20H2,1-2H3,(H,30,36)/t23-,26?/m0/s1. The third kappa shape index (κ3) is 9.53. The second-order valence-corrected chi connectivity index (χ2v) is 9.89. The van der Waals surface area contributed by atoms with Crippen LogP contribution in [0.3, 0.4) is 0 Å². The maximum Gasteiger partial charge on any atom is 0.412 e. The highest BCUT2D eigenvalue weighted by molar-refractivity contribution is 7.99. The Morgan fingerprint density at radius 3 is 2.55 bits per heavy atom. The molecule has 2 aromatic carbocycles. The van der Waals surface area contributed by atoms with Crippen LogP contribution in [0.4, 0.5) is 10.5 Å². The van der Waals surface area contributed by atoms with Crippen LogP contribution in [0.1, 0.15) is 38.7 Å². The number of nitrogens with one attached hydrogen (secondary N) is 2. The van der Waals surface area contributed by atoms with Gasteiger partial charge < -0.3 is 14.2 Å². The first kappa shape index (κ1) is 30.9. The number of hydrogen-bond acceptors (Lipinski definition) is 9. The SMILES string of the molecule is CCOC(=O)CN1C(=O)[C@@H](NC(CCCC(=C=O)NC(=O)OCc2ccccc2)OCC)CSc2ccccc21. The average molecular weight is 570 g/mol. The lowest BCUT2D eigenvalue weighted by molar-refractivity contribution is -0.142. The monoisotopic (exact) mass is 569 g/mol. The number of fused-ring (bicyclic) bond motifs is 1. The maximum absolute atomic E-state index is 13.6. The average Bonchev–Trinajstić information content (AvgIpc) is 3.08. The Balaban J connectivity index is 1.56. The third-order valence-corrected chi connectivity index (χ3v) is 7.11. The van der Waals surface area contributed by atoms with Crippen molar-refractivity contribution in [1.29, 1.82) is 0 Å². The quantitative estimate of drug-likeness (QED) is 0.199. The number of thioether (sulfide) groups is 1. The zero-order chi connectivity index (χ0) is 28.7. The molecule has 0 saturated carbocycles. The Morgan fingerprint density at radius 2 is 1.82 bits per heavy atom. The molecule has 0 bridgehead atoms. The Hall–Kier alpha value is -3.63. The summed E-state index contributed by atoms with van der Waals surface area (Å²) in [5, 5.41) is 5.73. The van der Waals surface area contributed by atoms with Crippen LogP contribution in [-0.4, -0.2) is 61.7 Å². The van der Waals surface area contributed by atoms with Gasteiger partial charge in [-0.25, -0.2) is 9.59 Å². The predicted molar refractivity (Wildman–Crippen MR) is 151 cm³/mol. The van der Waals surface area contributed by atoms with Crippen LogP contribution >= 0.6 is 11.8 Å². The maximum atomic E-state index is 13.6. The Morgan fingerprint density at radius 1 is 1.07 bits per heavy atom. The number of anilines is 1. The van der Waals surface area contributed by atoms with E-state index in [9.17, 15) is 19.2 Å². The minimum Gasteiger partial charge on any atom is -0.465 e. The van der Waals surface area contributed by atoms with Gasteiger partial charge in [0.1, 0.15) is 31.0 Å². The number of benzene rings is 2. The van der Waals surface area contributed by atoms with Crippen molar-refractivity contribution in [1.82, 2.24) is 10.6 Å². The van der Waals surface area contributed by atoms with Gasteiger partial charge in [0.2, 0.25) is 5.91 Å². The second kappa shape index (κ2) is 16.5. The van der Waals surface area contributed by atoms with Crippen molar-refractivity contribution < 1.29 is 33.4 Å². The van der Waals surface area contributed by atoms with Crippen molar-refractivity contribution in [3.63, 3.8) is 0 Å². The Kier molecular flexibility index (Phi) is 12.7. The minimum atomic E-state index is -0.732. The van der Waals surface area contributed by atoms with Crippen molar-refractivity contribution in [2.45, 2.75) is 56.9 Å². The molecular weight excluding hydrogens is 534 g/mol. The lowest BCUT2D eigenvalue weighted by atomic mass is 10.1. The predicted octanol–water partition coefficient (Wildman–Crippen LogP) is 3.82. The highest BCUT2D eigenvalue weighted by Gasteiger charge is 2.33. The smallest absolute Gasteiger partial charge is 0.412 e. The molecule has 214 valence electrons. The van der Waals surface area contributed by atoms with E-state index in [0.29, 0.717) is 30.9 Å². The van der Waals surface area contributed by atoms with E-state index in [0.717, 1.165) is 10.5 Å². The van der Waals surface area contributed by atoms with E-state index in [1.165, 1.54) is 16.7 Å². The number of esters is 1. The fourth-order valence-corrected chi connectivity index (χ4v) is 5.18. The number of ether oxygens (including phenoxy) is 3. The molecule has 2 amide bonds. The fourth-order valence-electron chi connectivity index (χ4n) is 4.10. The van der Waals surface area contributed by atoms with Gasteiger partial charge in [-0.15, -0.1) is 11.8 Å². The summed E-state index contributed by atoms with van der Waals surface area (Å²) in [7, 11) is 0. The van der Waals surface area contributed by atoms with E-state index in [2.05, 4.69) is 10.6 Å². The molecule has 2 N–H and O–H groups in total. The molecule has 0 saturated heterocycles. The van der Waals surface area contributed by atoms with Crippen LogP contribution in [0.2, 0.25) is 0 Å². The van der Waals surface area contributed by atoms with Crippen LogP contribution in [0, 0.1) is 0 Å². The van der Waals surface area contributed by atoms with E-state index in [-0.39, 0.29) is 37.8 Å². The molecule has 1 unspecified atom stereocenters. The van der Waals surface area contributed by atoms with Gasteiger partial charge in [0.25, 0.3) is 0 Å². The Labute approximate surface area is 238 Å². The molecule has 1 heterocycles. The minimum absolute atomic E-state index is 0.0745. The van der Waals surface area contributed by atoms with Crippen molar-refractivity contribution in [3.05, 3.63) is 65.9 Å². The third-order valence-electron chi connectivity index (χ3n) is 5.96. The van der Waals surface area contributed by atoms with Crippen LogP contribution in [0.25, 0.3) is 0 Å². The van der Waals surface area contributed by atoms with Crippen LogP contribution in [0.15, 0.2) is 65.2 Å². The number of hydrogen-bond donors (Lipinski definition) is 2. The van der Waals surface area contributed by atoms with Crippen molar-refractivity contribution in [2.75, 3.05) is 30.4 Å². The lowest BCUT2D eigenvalue weighted by Gasteiger charge is -2.28. The molecule has 0 radical (unpaired) electrons. The van der Waals surface area contributed by atoms with Gasteiger partial charge in [0.05, 0.1) is 18.3 Å². The number of carbonyl (C=O) groups is 3. The molecule has 3 rings (SSSR count). The van der Waals surface area contributed by atoms with Gasteiger partial charge in [0.15, 0.2) is 0 Å². The molecular formula is C29H35N3O7S. The van der Waals surface area contributed by atoms with Crippen LogP contribution < -0.4 is 15.5 Å². The van der Waals surface area contributed by atoms with E-state index in [4.69, 9.17) is 14.2 Å². The molecule has 0 aromatic heterocycles. The molecule has 10 nitrogen and oxygen atoms in total. The molecule has 1 aliphatic heterocycles. The molecule has 0 spiro atoms. The summed E-state index contributed by atoms with van der Waals surface area (Å²) in [6.07, 6.45) is -0.0588. The summed E-state index contributed by atoms with van der Waals surface area (Å²) in [5.74, 6) is 1.46. The molecule has 2 aromatic rings. The van der Waals surface area contributed by atoms with Crippen molar-refractivity contribution >= 4 is 41.4 Å². The van der Waals surface area contributed by atoms with E-state index in [1.54, 1.807) is 12.9 Å². The zero-order valence-corrected chi connectivity index (χ0v) is 23.5. The first-order valence-corrected chi connectivity index (χ1v) is 14.2. The van der Waals surface area contributed by atoms with Crippen LogP contribution in [-0.2, 0) is 35.2 Å². The molecule has 0 fully saturated rings. The summed E-state index contributed by atoms with van der Waals surface area (Å²) < 4.78 is 16.1. The van der Waals surface area contributed by atoms with Crippen molar-refractivity contribution in [3.8, 4) is 0 Å². The summed E-state index contributed by atoms with van der Waals surface area (Å²) in [5.41, 5.74) is 1.56. The van der Waals surface area contributed by atoms with E-state index >= 15 is 0 Å². The number of nitrogens with zero attached hydrogens (tertiary/aromatic N) is 1. The fraction of sp³-hybridized carbons (Fsp3) is 0.414. The highest BCUT2D eigenvalue weighted by Crippen LogP contribution is 2.34. The van der Waals surface area contributed by atoms with E-state index in [1.807, 2.05) is 61.5 Å². The van der Waals surface area contributed by atoms with Gasteiger partial charge >= 0.3 is 12.1 Å². The number of para-hydroxylation sites is 1. The molecule has 11 heteroatoms. The van der Waals surface area contributed by atoms with Gasteiger partial charge in [-0.05, 0) is 50.8 Å². The largest absolute Gasteiger partial charge is 0.465 e. The number of amides is 2. The number of alkyl carbamates (subject to hydrolysis) is 1. The number of carbonyl (C=O) groups excluding carboxylic acids is 4. The summed E-state index contributed by atoms with van der Waals surface area (Å²) in [6.45, 7) is 4.09. The number of rotatable bonds is 14. The molecule has 1 aliphatic rings. The first-order valence-electron chi connectivity index (χ1n) is 13.2. The lowest BCUT2D eigenvalue weighted by Crippen LogP contribution is -2.52. The summed E-state index contributed by atoms with van der Waals surface area (Å²) in [4.78, 5) is 51.7. The summed E-state index contributed by atoms with van der Waals surface area (Å²) >= 11 is 1.52. The van der Waals surface area contributed by atoms with Gasteiger partial charge in [0, 0.05) is 17.3 Å².